The molecule has 24 heavy (non-hydrogen) atoms. The minimum atomic E-state index is -4.25. The molecule has 4 nitrogen and oxygen atoms in total. The summed E-state index contributed by atoms with van der Waals surface area (Å²) in [6.45, 7) is 0.595. The predicted molar refractivity (Wildman–Crippen MR) is 83.5 cm³/mol. The lowest BCUT2D eigenvalue weighted by atomic mass is 9.97. The number of nitrogens with zero attached hydrogens (tertiary/aromatic N) is 3. The van der Waals surface area contributed by atoms with Crippen LogP contribution >= 0.6 is 0 Å². The van der Waals surface area contributed by atoms with E-state index in [-0.39, 0.29) is 6.10 Å². The fourth-order valence-corrected chi connectivity index (χ4v) is 3.05. The number of ether oxygens (including phenoxy) is 1. The van der Waals surface area contributed by atoms with Gasteiger partial charge in [0.15, 0.2) is 0 Å². The van der Waals surface area contributed by atoms with Crippen LogP contribution in [0.1, 0.15) is 23.1 Å². The molecule has 3 rings (SSSR count). The number of alkyl halides is 3. The molecule has 0 bridgehead atoms. The summed E-state index contributed by atoms with van der Waals surface area (Å²) < 4.78 is 44.8. The van der Waals surface area contributed by atoms with E-state index in [4.69, 9.17) is 4.74 Å². The fourth-order valence-electron chi connectivity index (χ4n) is 3.05. The first-order valence-electron chi connectivity index (χ1n) is 7.87. The van der Waals surface area contributed by atoms with Crippen LogP contribution in [0.3, 0.4) is 0 Å². The summed E-state index contributed by atoms with van der Waals surface area (Å²) in [4.78, 5) is 6.00. The van der Waals surface area contributed by atoms with Crippen molar-refractivity contribution in [3.8, 4) is 0 Å². The van der Waals surface area contributed by atoms with Gasteiger partial charge in [0.2, 0.25) is 0 Å². The van der Waals surface area contributed by atoms with Crippen molar-refractivity contribution in [3.63, 3.8) is 0 Å². The summed E-state index contributed by atoms with van der Waals surface area (Å²) in [5.74, 6) is 0.402. The average Bonchev–Trinajstić information content (AvgIpc) is 2.92. The van der Waals surface area contributed by atoms with Crippen molar-refractivity contribution in [2.45, 2.75) is 31.8 Å². The minimum Gasteiger partial charge on any atom is -0.372 e. The largest absolute Gasteiger partial charge is 0.406 e. The van der Waals surface area contributed by atoms with Gasteiger partial charge in [-0.3, -0.25) is 4.90 Å². The summed E-state index contributed by atoms with van der Waals surface area (Å²) in [7, 11) is 1.87. The SMILES string of the molecule is CN(Cc1nccn1CC(F)(F)F)CC1OCCc2ccccc21. The van der Waals surface area contributed by atoms with Gasteiger partial charge in [-0.1, -0.05) is 24.3 Å². The lowest BCUT2D eigenvalue weighted by Gasteiger charge is -2.29. The van der Waals surface area contributed by atoms with E-state index in [1.165, 1.54) is 18.0 Å². The third kappa shape index (κ3) is 4.15. The summed E-state index contributed by atoms with van der Waals surface area (Å²) >= 11 is 0. The molecule has 1 unspecified atom stereocenters. The van der Waals surface area contributed by atoms with Crippen molar-refractivity contribution in [2.24, 2.45) is 0 Å². The Morgan fingerprint density at radius 2 is 2.12 bits per heavy atom. The Morgan fingerprint density at radius 1 is 1.33 bits per heavy atom. The van der Waals surface area contributed by atoms with Gasteiger partial charge in [-0.25, -0.2) is 4.98 Å². The fraction of sp³-hybridized carbons (Fsp3) is 0.471. The van der Waals surface area contributed by atoms with Gasteiger partial charge in [-0.15, -0.1) is 0 Å². The lowest BCUT2D eigenvalue weighted by Crippen LogP contribution is -2.30. The van der Waals surface area contributed by atoms with Gasteiger partial charge < -0.3 is 9.30 Å². The number of rotatable bonds is 5. The Balaban J connectivity index is 1.65. The highest BCUT2D eigenvalue weighted by molar-refractivity contribution is 5.31. The van der Waals surface area contributed by atoms with Crippen molar-refractivity contribution in [2.75, 3.05) is 20.2 Å². The molecule has 1 aromatic carbocycles. The Kier molecular flexibility index (Phi) is 4.91. The van der Waals surface area contributed by atoms with Gasteiger partial charge in [-0.2, -0.15) is 13.2 Å². The van der Waals surface area contributed by atoms with Crippen molar-refractivity contribution in [3.05, 3.63) is 53.6 Å². The van der Waals surface area contributed by atoms with Gasteiger partial charge in [-0.05, 0) is 24.6 Å². The van der Waals surface area contributed by atoms with E-state index in [1.54, 1.807) is 0 Å². The molecule has 130 valence electrons. The smallest absolute Gasteiger partial charge is 0.372 e. The van der Waals surface area contributed by atoms with Crippen LogP contribution in [0.5, 0.6) is 0 Å². The monoisotopic (exact) mass is 339 g/mol. The number of hydrogen-bond donors (Lipinski definition) is 0. The topological polar surface area (TPSA) is 30.3 Å². The summed E-state index contributed by atoms with van der Waals surface area (Å²) in [5, 5.41) is 0. The molecule has 1 aliphatic heterocycles. The second-order valence-corrected chi connectivity index (χ2v) is 6.09. The molecule has 1 aromatic heterocycles. The first-order chi connectivity index (χ1) is 11.4. The van der Waals surface area contributed by atoms with Gasteiger partial charge in [0.1, 0.15) is 12.4 Å². The van der Waals surface area contributed by atoms with Crippen molar-refractivity contribution >= 4 is 0 Å². The zero-order chi connectivity index (χ0) is 17.2. The number of hydrogen-bond acceptors (Lipinski definition) is 3. The van der Waals surface area contributed by atoms with Gasteiger partial charge in [0.25, 0.3) is 0 Å². The van der Waals surface area contributed by atoms with Crippen LogP contribution in [0.4, 0.5) is 13.2 Å². The molecule has 0 spiro atoms. The summed E-state index contributed by atoms with van der Waals surface area (Å²) in [5.41, 5.74) is 2.44. The van der Waals surface area contributed by atoms with Crippen LogP contribution in [-0.2, 0) is 24.2 Å². The molecule has 2 heterocycles. The van der Waals surface area contributed by atoms with Crippen LogP contribution in [0.15, 0.2) is 36.7 Å². The maximum atomic E-state index is 12.6. The number of likely N-dealkylation sites (N-methyl/N-ethyl adjacent to an activating group) is 1. The van der Waals surface area contributed by atoms with Crippen molar-refractivity contribution < 1.29 is 17.9 Å². The highest BCUT2D eigenvalue weighted by atomic mass is 19.4. The van der Waals surface area contributed by atoms with Gasteiger partial charge in [0.05, 0.1) is 19.3 Å². The normalized spacial score (nSPS) is 18.0. The molecule has 1 atom stereocenters. The van der Waals surface area contributed by atoms with E-state index >= 15 is 0 Å². The average molecular weight is 339 g/mol. The number of aromatic nitrogens is 2. The van der Waals surface area contributed by atoms with E-state index in [2.05, 4.69) is 17.1 Å². The van der Waals surface area contributed by atoms with Crippen LogP contribution in [0.2, 0.25) is 0 Å². The molecule has 0 aliphatic carbocycles. The lowest BCUT2D eigenvalue weighted by molar-refractivity contribution is -0.141. The number of fused-ring (bicyclic) bond motifs is 1. The molecule has 7 heteroatoms. The molecule has 2 aromatic rings. The summed E-state index contributed by atoms with van der Waals surface area (Å²) in [6.07, 6.45) is -0.651. The van der Waals surface area contributed by atoms with Gasteiger partial charge >= 0.3 is 6.18 Å². The van der Waals surface area contributed by atoms with E-state index in [0.717, 1.165) is 16.6 Å². The molecule has 0 N–H and O–H groups in total. The predicted octanol–water partition coefficient (Wildman–Crippen LogP) is 3.19. The Labute approximate surface area is 138 Å². The van der Waals surface area contributed by atoms with Crippen LogP contribution in [0.25, 0.3) is 0 Å². The third-order valence-electron chi connectivity index (χ3n) is 4.13. The standard InChI is InChI=1S/C17H20F3N3O/c1-22(11-16-21-7-8-23(16)12-17(18,19)20)10-15-14-5-3-2-4-13(14)6-9-24-15/h2-5,7-8,15H,6,9-12H2,1H3. The van der Waals surface area contributed by atoms with E-state index in [1.807, 2.05) is 24.1 Å². The van der Waals surface area contributed by atoms with E-state index in [0.29, 0.717) is 25.5 Å². The Hall–Kier alpha value is -1.86. The molecule has 0 amide bonds. The zero-order valence-corrected chi connectivity index (χ0v) is 13.5. The molecular formula is C17H20F3N3O. The van der Waals surface area contributed by atoms with Crippen LogP contribution in [0, 0.1) is 0 Å². The van der Waals surface area contributed by atoms with Gasteiger partial charge in [0, 0.05) is 18.9 Å². The maximum absolute atomic E-state index is 12.6. The van der Waals surface area contributed by atoms with E-state index in [9.17, 15) is 13.2 Å². The molecule has 0 fully saturated rings. The Morgan fingerprint density at radius 3 is 2.92 bits per heavy atom. The van der Waals surface area contributed by atoms with E-state index < -0.39 is 12.7 Å². The first-order valence-corrected chi connectivity index (χ1v) is 7.87. The number of imidazole rings is 1. The highest BCUT2D eigenvalue weighted by Crippen LogP contribution is 2.27. The zero-order valence-electron chi connectivity index (χ0n) is 13.5. The van der Waals surface area contributed by atoms with Crippen LogP contribution in [-0.4, -0.2) is 40.8 Å². The first kappa shape index (κ1) is 17.0. The Bertz CT molecular complexity index is 684. The molecule has 1 aliphatic rings. The van der Waals surface area contributed by atoms with Crippen LogP contribution < -0.4 is 0 Å². The molecule has 0 saturated carbocycles. The summed E-state index contributed by atoms with van der Waals surface area (Å²) in [6, 6.07) is 8.15. The number of benzene rings is 1. The number of halogens is 3. The highest BCUT2D eigenvalue weighted by Gasteiger charge is 2.29. The maximum Gasteiger partial charge on any atom is 0.406 e. The van der Waals surface area contributed by atoms with Crippen molar-refractivity contribution in [1.82, 2.24) is 14.5 Å². The molecule has 0 saturated heterocycles. The molecule has 0 radical (unpaired) electrons. The second-order valence-electron chi connectivity index (χ2n) is 6.09. The third-order valence-corrected chi connectivity index (χ3v) is 4.13. The minimum absolute atomic E-state index is 0.0639. The molecular weight excluding hydrogens is 319 g/mol. The second kappa shape index (κ2) is 6.94. The quantitative estimate of drug-likeness (QED) is 0.838. The van der Waals surface area contributed by atoms with Crippen molar-refractivity contribution in [1.29, 1.82) is 0 Å².